The Labute approximate surface area is 149 Å². The Kier molecular flexibility index (Phi) is 6.00. The Hall–Kier alpha value is -2.15. The van der Waals surface area contributed by atoms with Gasteiger partial charge in [0.2, 0.25) is 0 Å². The lowest BCUT2D eigenvalue weighted by Crippen LogP contribution is -2.27. The van der Waals surface area contributed by atoms with Gasteiger partial charge in [-0.15, -0.1) is 0 Å². The van der Waals surface area contributed by atoms with Crippen LogP contribution in [0.2, 0.25) is 0 Å². The third kappa shape index (κ3) is 5.42. The predicted octanol–water partition coefficient (Wildman–Crippen LogP) is 4.64. The number of anilines is 1. The Bertz CT molecular complexity index is 730. The van der Waals surface area contributed by atoms with E-state index in [1.165, 1.54) is 23.1 Å². The molecule has 134 valence electrons. The Morgan fingerprint density at radius 2 is 1.60 bits per heavy atom. The van der Waals surface area contributed by atoms with E-state index >= 15 is 0 Å². The molecule has 25 heavy (non-hydrogen) atoms. The molecule has 3 nitrogen and oxygen atoms in total. The summed E-state index contributed by atoms with van der Waals surface area (Å²) < 4.78 is 38.0. The van der Waals surface area contributed by atoms with Crippen LogP contribution in [0.1, 0.15) is 15.9 Å². The van der Waals surface area contributed by atoms with Gasteiger partial charge in [0, 0.05) is 38.3 Å². The number of nitrogens with zero attached hydrogens (tertiary/aromatic N) is 2. The first kappa shape index (κ1) is 19.2. The molecule has 0 saturated carbocycles. The summed E-state index contributed by atoms with van der Waals surface area (Å²) >= 11 is -0.268. The molecule has 0 aromatic heterocycles. The molecule has 0 N–H and O–H groups in total. The maximum Gasteiger partial charge on any atom is 0.446 e. The molecule has 7 heteroatoms. The SMILES string of the molecule is CN(Cc1ccc(N(C)C)cc1)C(=O)c1ccccc1SC(F)(F)F. The first-order valence-corrected chi connectivity index (χ1v) is 8.35. The highest BCUT2D eigenvalue weighted by Crippen LogP contribution is 2.38. The normalized spacial score (nSPS) is 11.3. The van der Waals surface area contributed by atoms with Crippen molar-refractivity contribution in [2.45, 2.75) is 16.9 Å². The van der Waals surface area contributed by atoms with Crippen LogP contribution in [0.25, 0.3) is 0 Å². The van der Waals surface area contributed by atoms with Gasteiger partial charge in [0.25, 0.3) is 5.91 Å². The van der Waals surface area contributed by atoms with Crippen molar-refractivity contribution in [3.8, 4) is 0 Å². The summed E-state index contributed by atoms with van der Waals surface area (Å²) in [4.78, 5) is 15.9. The van der Waals surface area contributed by atoms with Crippen molar-refractivity contribution in [1.82, 2.24) is 4.90 Å². The number of hydrogen-bond donors (Lipinski definition) is 0. The first-order valence-electron chi connectivity index (χ1n) is 7.54. The van der Waals surface area contributed by atoms with Gasteiger partial charge in [-0.2, -0.15) is 13.2 Å². The topological polar surface area (TPSA) is 23.6 Å². The third-order valence-corrected chi connectivity index (χ3v) is 4.37. The van der Waals surface area contributed by atoms with E-state index in [1.807, 2.05) is 43.3 Å². The van der Waals surface area contributed by atoms with Gasteiger partial charge in [0.1, 0.15) is 0 Å². The van der Waals surface area contributed by atoms with Crippen molar-refractivity contribution in [3.63, 3.8) is 0 Å². The van der Waals surface area contributed by atoms with E-state index in [0.717, 1.165) is 11.3 Å². The zero-order valence-electron chi connectivity index (χ0n) is 14.2. The van der Waals surface area contributed by atoms with Crippen LogP contribution < -0.4 is 4.90 Å². The largest absolute Gasteiger partial charge is 0.446 e. The molecule has 0 fully saturated rings. The highest BCUT2D eigenvalue weighted by molar-refractivity contribution is 8.00. The minimum absolute atomic E-state index is 0.0530. The molecule has 2 rings (SSSR count). The van der Waals surface area contributed by atoms with Crippen molar-refractivity contribution in [1.29, 1.82) is 0 Å². The fourth-order valence-electron chi connectivity index (χ4n) is 2.31. The fourth-order valence-corrected chi connectivity index (χ4v) is 2.97. The van der Waals surface area contributed by atoms with Crippen LogP contribution in [0.3, 0.4) is 0 Å². The van der Waals surface area contributed by atoms with Crippen LogP contribution in [0.4, 0.5) is 18.9 Å². The second-order valence-corrected chi connectivity index (χ2v) is 6.87. The third-order valence-electron chi connectivity index (χ3n) is 3.56. The lowest BCUT2D eigenvalue weighted by Gasteiger charge is -2.20. The summed E-state index contributed by atoms with van der Waals surface area (Å²) in [5, 5.41) is 0. The monoisotopic (exact) mass is 368 g/mol. The highest BCUT2D eigenvalue weighted by atomic mass is 32.2. The fraction of sp³-hybridized carbons (Fsp3) is 0.278. The van der Waals surface area contributed by atoms with Crippen molar-refractivity contribution in [2.75, 3.05) is 26.0 Å². The molecule has 0 radical (unpaired) electrons. The predicted molar refractivity (Wildman–Crippen MR) is 94.9 cm³/mol. The summed E-state index contributed by atoms with van der Waals surface area (Å²) in [6.07, 6.45) is 0. The molecule has 0 bridgehead atoms. The minimum atomic E-state index is -4.43. The number of amides is 1. The maximum absolute atomic E-state index is 12.7. The van der Waals surface area contributed by atoms with Gasteiger partial charge in [0.05, 0.1) is 5.56 Å². The number of rotatable bonds is 5. The van der Waals surface area contributed by atoms with Crippen LogP contribution in [0.5, 0.6) is 0 Å². The summed E-state index contributed by atoms with van der Waals surface area (Å²) in [5.74, 6) is -0.441. The van der Waals surface area contributed by atoms with E-state index < -0.39 is 11.4 Å². The number of halogens is 3. The van der Waals surface area contributed by atoms with E-state index in [2.05, 4.69) is 0 Å². The second kappa shape index (κ2) is 7.82. The van der Waals surface area contributed by atoms with Crippen LogP contribution in [0, 0.1) is 0 Å². The standard InChI is InChI=1S/C18H19F3N2OS/c1-22(2)14-10-8-13(9-11-14)12-23(3)17(24)15-6-4-5-7-16(15)25-18(19,20)21/h4-11H,12H2,1-3H3. The summed E-state index contributed by atoms with van der Waals surface area (Å²) in [6.45, 7) is 0.317. The van der Waals surface area contributed by atoms with Gasteiger partial charge < -0.3 is 9.80 Å². The molecular formula is C18H19F3N2OS. The van der Waals surface area contributed by atoms with Crippen molar-refractivity contribution >= 4 is 23.4 Å². The molecule has 0 saturated heterocycles. The molecule has 0 aliphatic heterocycles. The second-order valence-electron chi connectivity index (χ2n) is 5.77. The number of carbonyl (C=O) groups is 1. The van der Waals surface area contributed by atoms with Crippen LogP contribution in [-0.4, -0.2) is 37.5 Å². The molecular weight excluding hydrogens is 349 g/mol. The number of thioether (sulfide) groups is 1. The molecule has 0 aliphatic carbocycles. The summed E-state index contributed by atoms with van der Waals surface area (Å²) in [6, 6.07) is 13.4. The highest BCUT2D eigenvalue weighted by Gasteiger charge is 2.31. The summed E-state index contributed by atoms with van der Waals surface area (Å²) in [7, 11) is 5.44. The quantitative estimate of drug-likeness (QED) is 0.719. The van der Waals surface area contributed by atoms with E-state index in [-0.39, 0.29) is 22.2 Å². The minimum Gasteiger partial charge on any atom is -0.378 e. The van der Waals surface area contributed by atoms with Gasteiger partial charge in [0.15, 0.2) is 0 Å². The Morgan fingerprint density at radius 3 is 2.16 bits per heavy atom. The van der Waals surface area contributed by atoms with Crippen LogP contribution in [0.15, 0.2) is 53.4 Å². The average molecular weight is 368 g/mol. The van der Waals surface area contributed by atoms with Gasteiger partial charge in [-0.05, 0) is 41.6 Å². The van der Waals surface area contributed by atoms with E-state index in [0.29, 0.717) is 6.54 Å². The average Bonchev–Trinajstić information content (AvgIpc) is 2.53. The first-order chi connectivity index (χ1) is 11.7. The maximum atomic E-state index is 12.7. The van der Waals surface area contributed by atoms with E-state index in [9.17, 15) is 18.0 Å². The Balaban J connectivity index is 2.15. The van der Waals surface area contributed by atoms with Crippen LogP contribution >= 0.6 is 11.8 Å². The molecule has 0 spiro atoms. The molecule has 0 unspecified atom stereocenters. The molecule has 1 amide bonds. The van der Waals surface area contributed by atoms with Crippen molar-refractivity contribution in [2.24, 2.45) is 0 Å². The van der Waals surface area contributed by atoms with E-state index in [4.69, 9.17) is 0 Å². The number of benzene rings is 2. The summed E-state index contributed by atoms with van der Waals surface area (Å²) in [5.41, 5.74) is -2.44. The van der Waals surface area contributed by atoms with Crippen molar-refractivity contribution < 1.29 is 18.0 Å². The van der Waals surface area contributed by atoms with Gasteiger partial charge in [-0.1, -0.05) is 24.3 Å². The molecule has 0 aliphatic rings. The lowest BCUT2D eigenvalue weighted by atomic mass is 10.1. The molecule has 0 atom stereocenters. The molecule has 0 heterocycles. The van der Waals surface area contributed by atoms with Gasteiger partial charge in [-0.3, -0.25) is 4.79 Å². The van der Waals surface area contributed by atoms with E-state index in [1.54, 1.807) is 13.1 Å². The zero-order valence-corrected chi connectivity index (χ0v) is 15.0. The zero-order chi connectivity index (χ0) is 18.6. The van der Waals surface area contributed by atoms with Crippen molar-refractivity contribution in [3.05, 3.63) is 59.7 Å². The number of hydrogen-bond acceptors (Lipinski definition) is 3. The van der Waals surface area contributed by atoms with Gasteiger partial charge >= 0.3 is 5.51 Å². The van der Waals surface area contributed by atoms with Crippen LogP contribution in [-0.2, 0) is 6.54 Å². The molecule has 2 aromatic carbocycles. The number of carbonyl (C=O) groups excluding carboxylic acids is 1. The smallest absolute Gasteiger partial charge is 0.378 e. The van der Waals surface area contributed by atoms with Gasteiger partial charge in [-0.25, -0.2) is 0 Å². The Morgan fingerprint density at radius 1 is 1.00 bits per heavy atom. The number of alkyl halides is 3. The lowest BCUT2D eigenvalue weighted by molar-refractivity contribution is -0.0328. The molecule has 2 aromatic rings.